The monoisotopic (exact) mass is 288 g/mol. The summed E-state index contributed by atoms with van der Waals surface area (Å²) in [6, 6.07) is 11.3. The number of ether oxygens (including phenoxy) is 2. The molecule has 6 nitrogen and oxygen atoms in total. The molecule has 0 saturated heterocycles. The van der Waals surface area contributed by atoms with Crippen molar-refractivity contribution in [1.29, 1.82) is 0 Å². The van der Waals surface area contributed by atoms with Gasteiger partial charge in [-0.2, -0.15) is 0 Å². The van der Waals surface area contributed by atoms with Crippen LogP contribution in [0.2, 0.25) is 0 Å². The maximum atomic E-state index is 10.7. The topological polar surface area (TPSA) is 87.6 Å². The van der Waals surface area contributed by atoms with Gasteiger partial charge in [0.05, 0.1) is 17.2 Å². The summed E-state index contributed by atoms with van der Waals surface area (Å²) in [4.78, 5) is 10.2. The standard InChI is InChI=1S/C15H16N2O4/c1-2-9-20-14-5-3-4-6-15(14)21-13-8-7-11(17(18)19)10-12(13)16/h3-8,10H,2,9,16H2,1H3. The van der Waals surface area contributed by atoms with Crippen LogP contribution in [0.25, 0.3) is 0 Å². The fourth-order valence-electron chi connectivity index (χ4n) is 1.73. The van der Waals surface area contributed by atoms with Crippen molar-refractivity contribution in [3.8, 4) is 17.2 Å². The summed E-state index contributed by atoms with van der Waals surface area (Å²) < 4.78 is 11.3. The Hall–Kier alpha value is -2.76. The summed E-state index contributed by atoms with van der Waals surface area (Å²) in [5, 5.41) is 10.7. The van der Waals surface area contributed by atoms with Crippen molar-refractivity contribution in [1.82, 2.24) is 0 Å². The van der Waals surface area contributed by atoms with Crippen molar-refractivity contribution in [2.75, 3.05) is 12.3 Å². The Kier molecular flexibility index (Phi) is 4.61. The average molecular weight is 288 g/mol. The fraction of sp³-hybridized carbons (Fsp3) is 0.200. The molecule has 0 heterocycles. The van der Waals surface area contributed by atoms with Gasteiger partial charge in [0.15, 0.2) is 17.2 Å². The van der Waals surface area contributed by atoms with Crippen molar-refractivity contribution in [2.24, 2.45) is 0 Å². The van der Waals surface area contributed by atoms with Crippen molar-refractivity contribution >= 4 is 11.4 Å². The molecule has 0 aromatic heterocycles. The molecule has 0 aliphatic rings. The van der Waals surface area contributed by atoms with Gasteiger partial charge < -0.3 is 15.2 Å². The van der Waals surface area contributed by atoms with Crippen molar-refractivity contribution in [3.63, 3.8) is 0 Å². The molecule has 0 aliphatic heterocycles. The van der Waals surface area contributed by atoms with Gasteiger partial charge in [-0.25, -0.2) is 0 Å². The summed E-state index contributed by atoms with van der Waals surface area (Å²) >= 11 is 0. The quantitative estimate of drug-likeness (QED) is 0.496. The number of anilines is 1. The van der Waals surface area contributed by atoms with Crippen LogP contribution >= 0.6 is 0 Å². The van der Waals surface area contributed by atoms with Crippen LogP contribution in [0.4, 0.5) is 11.4 Å². The highest BCUT2D eigenvalue weighted by Crippen LogP contribution is 2.35. The largest absolute Gasteiger partial charge is 0.490 e. The van der Waals surface area contributed by atoms with E-state index < -0.39 is 4.92 Å². The Balaban J connectivity index is 2.24. The number of nitro groups is 1. The smallest absolute Gasteiger partial charge is 0.271 e. The summed E-state index contributed by atoms with van der Waals surface area (Å²) in [5.74, 6) is 1.48. The molecule has 2 N–H and O–H groups in total. The maximum absolute atomic E-state index is 10.7. The third-order valence-corrected chi connectivity index (χ3v) is 2.73. The minimum absolute atomic E-state index is 0.0737. The molecule has 0 amide bonds. The van der Waals surface area contributed by atoms with Gasteiger partial charge in [0.25, 0.3) is 5.69 Å². The van der Waals surface area contributed by atoms with E-state index in [0.29, 0.717) is 23.9 Å². The van der Waals surface area contributed by atoms with E-state index in [4.69, 9.17) is 15.2 Å². The van der Waals surface area contributed by atoms with Crippen molar-refractivity contribution in [2.45, 2.75) is 13.3 Å². The zero-order chi connectivity index (χ0) is 15.2. The SMILES string of the molecule is CCCOc1ccccc1Oc1ccc([N+](=O)[O-])cc1N. The first kappa shape index (κ1) is 14.6. The zero-order valence-electron chi connectivity index (χ0n) is 11.6. The highest BCUT2D eigenvalue weighted by Gasteiger charge is 2.12. The van der Waals surface area contributed by atoms with E-state index >= 15 is 0 Å². The molecule has 0 atom stereocenters. The predicted molar refractivity (Wildman–Crippen MR) is 79.8 cm³/mol. The van der Waals surface area contributed by atoms with Gasteiger partial charge in [0.1, 0.15) is 0 Å². The number of nitrogens with zero attached hydrogens (tertiary/aromatic N) is 1. The molecule has 110 valence electrons. The summed E-state index contributed by atoms with van der Waals surface area (Å²) in [5.41, 5.74) is 5.92. The Bertz CT molecular complexity index is 643. The Labute approximate surface area is 122 Å². The average Bonchev–Trinajstić information content (AvgIpc) is 2.48. The number of non-ortho nitro benzene ring substituents is 1. The second-order valence-electron chi connectivity index (χ2n) is 4.38. The van der Waals surface area contributed by atoms with E-state index in [1.807, 2.05) is 19.1 Å². The number of nitrogens with two attached hydrogens (primary N) is 1. The normalized spacial score (nSPS) is 10.1. The molecule has 0 bridgehead atoms. The van der Waals surface area contributed by atoms with E-state index in [2.05, 4.69) is 0 Å². The molecule has 2 aromatic carbocycles. The van der Waals surface area contributed by atoms with Crippen LogP contribution in [0.5, 0.6) is 17.2 Å². The third-order valence-electron chi connectivity index (χ3n) is 2.73. The van der Waals surface area contributed by atoms with E-state index in [0.717, 1.165) is 6.42 Å². The highest BCUT2D eigenvalue weighted by atomic mass is 16.6. The van der Waals surface area contributed by atoms with Crippen LogP contribution < -0.4 is 15.2 Å². The zero-order valence-corrected chi connectivity index (χ0v) is 11.6. The Morgan fingerprint density at radius 1 is 1.14 bits per heavy atom. The number of benzene rings is 2. The van der Waals surface area contributed by atoms with E-state index in [1.54, 1.807) is 12.1 Å². The molecule has 0 saturated carbocycles. The lowest BCUT2D eigenvalue weighted by atomic mass is 10.2. The third kappa shape index (κ3) is 3.62. The number of nitrogen functional groups attached to an aromatic ring is 1. The summed E-state index contributed by atoms with van der Waals surface area (Å²) in [6.45, 7) is 2.59. The molecule has 0 unspecified atom stereocenters. The van der Waals surface area contributed by atoms with Crippen LogP contribution in [0.15, 0.2) is 42.5 Å². The second kappa shape index (κ2) is 6.60. The predicted octanol–water partition coefficient (Wildman–Crippen LogP) is 3.76. The van der Waals surface area contributed by atoms with Gasteiger partial charge in [-0.3, -0.25) is 10.1 Å². The molecule has 6 heteroatoms. The van der Waals surface area contributed by atoms with Crippen molar-refractivity contribution < 1.29 is 14.4 Å². The van der Waals surface area contributed by atoms with Crippen LogP contribution in [-0.2, 0) is 0 Å². The molecule has 0 spiro atoms. The van der Waals surface area contributed by atoms with E-state index in [1.165, 1.54) is 18.2 Å². The van der Waals surface area contributed by atoms with Gasteiger partial charge in [-0.15, -0.1) is 0 Å². The van der Waals surface area contributed by atoms with Crippen LogP contribution in [-0.4, -0.2) is 11.5 Å². The molecule has 2 rings (SSSR count). The van der Waals surface area contributed by atoms with Gasteiger partial charge in [0, 0.05) is 12.1 Å². The lowest BCUT2D eigenvalue weighted by Crippen LogP contribution is -1.99. The van der Waals surface area contributed by atoms with Gasteiger partial charge in [-0.1, -0.05) is 19.1 Å². The maximum Gasteiger partial charge on any atom is 0.271 e. The van der Waals surface area contributed by atoms with Crippen molar-refractivity contribution in [3.05, 3.63) is 52.6 Å². The first-order valence-electron chi connectivity index (χ1n) is 6.55. The number of hydrogen-bond donors (Lipinski definition) is 1. The van der Waals surface area contributed by atoms with Crippen LogP contribution in [0.3, 0.4) is 0 Å². The van der Waals surface area contributed by atoms with Gasteiger partial charge in [-0.05, 0) is 24.6 Å². The number of para-hydroxylation sites is 2. The minimum atomic E-state index is -0.502. The number of nitro benzene ring substituents is 1. The highest BCUT2D eigenvalue weighted by molar-refractivity contribution is 5.60. The molecule has 0 aliphatic carbocycles. The fourth-order valence-corrected chi connectivity index (χ4v) is 1.73. The molecular weight excluding hydrogens is 272 g/mol. The first-order valence-corrected chi connectivity index (χ1v) is 6.55. The first-order chi connectivity index (χ1) is 10.1. The van der Waals surface area contributed by atoms with Gasteiger partial charge in [0.2, 0.25) is 0 Å². The molecule has 0 radical (unpaired) electrons. The molecular formula is C15H16N2O4. The summed E-state index contributed by atoms with van der Waals surface area (Å²) in [6.07, 6.45) is 0.883. The number of rotatable bonds is 6. The van der Waals surface area contributed by atoms with E-state index in [9.17, 15) is 10.1 Å². The molecule has 21 heavy (non-hydrogen) atoms. The Morgan fingerprint density at radius 3 is 2.48 bits per heavy atom. The van der Waals surface area contributed by atoms with Crippen LogP contribution in [0, 0.1) is 10.1 Å². The molecule has 2 aromatic rings. The molecule has 0 fully saturated rings. The summed E-state index contributed by atoms with van der Waals surface area (Å²) in [7, 11) is 0. The van der Waals surface area contributed by atoms with Crippen LogP contribution in [0.1, 0.15) is 13.3 Å². The van der Waals surface area contributed by atoms with Gasteiger partial charge >= 0.3 is 0 Å². The lowest BCUT2D eigenvalue weighted by Gasteiger charge is -2.13. The van der Waals surface area contributed by atoms with E-state index in [-0.39, 0.29) is 11.4 Å². The Morgan fingerprint density at radius 2 is 1.86 bits per heavy atom. The number of hydrogen-bond acceptors (Lipinski definition) is 5. The minimum Gasteiger partial charge on any atom is -0.490 e. The second-order valence-corrected chi connectivity index (χ2v) is 4.38. The lowest BCUT2D eigenvalue weighted by molar-refractivity contribution is -0.384.